The molecule has 0 saturated heterocycles. The van der Waals surface area contributed by atoms with Crippen LogP contribution in [-0.2, 0) is 0 Å². The lowest BCUT2D eigenvalue weighted by molar-refractivity contribution is 0.131. The van der Waals surface area contributed by atoms with Gasteiger partial charge in [0.2, 0.25) is 0 Å². The molecule has 0 amide bonds. The van der Waals surface area contributed by atoms with Gasteiger partial charge in [-0.2, -0.15) is 0 Å². The summed E-state index contributed by atoms with van der Waals surface area (Å²) in [5.74, 6) is 0.933. The molecule has 0 aliphatic rings. The average Bonchev–Trinajstić information content (AvgIpc) is 2.57. The predicted octanol–water partition coefficient (Wildman–Crippen LogP) is 4.93. The molecule has 0 N–H and O–H groups in total. The van der Waals surface area contributed by atoms with E-state index in [0.717, 1.165) is 25.3 Å². The van der Waals surface area contributed by atoms with E-state index >= 15 is 0 Å². The van der Waals surface area contributed by atoms with Gasteiger partial charge >= 0.3 is 0 Å². The predicted molar refractivity (Wildman–Crippen MR) is 93.3 cm³/mol. The molecule has 0 aromatic heterocycles. The first kappa shape index (κ1) is 16.6. The number of para-hydroxylation sites is 1. The number of rotatable bonds is 8. The SMILES string of the molecule is CCN(CC)C(C)CC(Oc1ccccc1)c1ccccc1. The maximum atomic E-state index is 6.28. The van der Waals surface area contributed by atoms with Crippen LogP contribution in [0.15, 0.2) is 60.7 Å². The molecule has 2 rings (SSSR count). The Labute approximate surface area is 134 Å². The van der Waals surface area contributed by atoms with Crippen molar-refractivity contribution in [1.29, 1.82) is 0 Å². The molecule has 2 aromatic carbocycles. The Morgan fingerprint density at radius 3 is 1.95 bits per heavy atom. The van der Waals surface area contributed by atoms with Crippen molar-refractivity contribution < 1.29 is 4.74 Å². The van der Waals surface area contributed by atoms with E-state index < -0.39 is 0 Å². The molecule has 0 bridgehead atoms. The Balaban J connectivity index is 2.15. The lowest BCUT2D eigenvalue weighted by atomic mass is 10.0. The maximum Gasteiger partial charge on any atom is 0.125 e. The van der Waals surface area contributed by atoms with Gasteiger partial charge < -0.3 is 9.64 Å². The van der Waals surface area contributed by atoms with Crippen LogP contribution in [0.25, 0.3) is 0 Å². The number of benzene rings is 2. The molecule has 118 valence electrons. The van der Waals surface area contributed by atoms with Crippen molar-refractivity contribution in [3.8, 4) is 5.75 Å². The zero-order valence-corrected chi connectivity index (χ0v) is 13.9. The standard InChI is InChI=1S/C20H27NO/c1-4-21(5-2)17(3)16-20(18-12-8-6-9-13-18)22-19-14-10-7-11-15-19/h6-15,17,20H,4-5,16H2,1-3H3. The smallest absolute Gasteiger partial charge is 0.125 e. The van der Waals surface area contributed by atoms with Crippen LogP contribution in [0, 0.1) is 0 Å². The van der Waals surface area contributed by atoms with Gasteiger partial charge in [-0.05, 0) is 37.7 Å². The largest absolute Gasteiger partial charge is 0.486 e. The molecule has 2 atom stereocenters. The summed E-state index contributed by atoms with van der Waals surface area (Å²) in [6, 6.07) is 21.1. The van der Waals surface area contributed by atoms with Gasteiger partial charge in [0.1, 0.15) is 11.9 Å². The zero-order chi connectivity index (χ0) is 15.8. The fourth-order valence-electron chi connectivity index (χ4n) is 2.89. The first-order valence-electron chi connectivity index (χ1n) is 8.25. The summed E-state index contributed by atoms with van der Waals surface area (Å²) >= 11 is 0. The van der Waals surface area contributed by atoms with Crippen molar-refractivity contribution in [2.45, 2.75) is 39.3 Å². The number of ether oxygens (including phenoxy) is 1. The Kier molecular flexibility index (Phi) is 6.47. The summed E-state index contributed by atoms with van der Waals surface area (Å²) in [6.07, 6.45) is 1.07. The molecule has 0 heterocycles. The summed E-state index contributed by atoms with van der Waals surface area (Å²) in [6.45, 7) is 8.87. The summed E-state index contributed by atoms with van der Waals surface area (Å²) in [4.78, 5) is 2.48. The van der Waals surface area contributed by atoms with E-state index in [-0.39, 0.29) is 6.10 Å². The van der Waals surface area contributed by atoms with Gasteiger partial charge in [0.15, 0.2) is 0 Å². The van der Waals surface area contributed by atoms with Gasteiger partial charge in [-0.15, -0.1) is 0 Å². The highest BCUT2D eigenvalue weighted by atomic mass is 16.5. The Morgan fingerprint density at radius 2 is 1.41 bits per heavy atom. The van der Waals surface area contributed by atoms with E-state index in [1.165, 1.54) is 5.56 Å². The Hall–Kier alpha value is -1.80. The van der Waals surface area contributed by atoms with E-state index in [2.05, 4.69) is 56.0 Å². The lowest BCUT2D eigenvalue weighted by Gasteiger charge is -2.30. The second-order valence-corrected chi connectivity index (χ2v) is 5.64. The van der Waals surface area contributed by atoms with Crippen LogP contribution < -0.4 is 4.74 Å². The molecule has 2 heteroatoms. The van der Waals surface area contributed by atoms with Crippen molar-refractivity contribution in [2.75, 3.05) is 13.1 Å². The minimum Gasteiger partial charge on any atom is -0.486 e. The van der Waals surface area contributed by atoms with Crippen molar-refractivity contribution in [1.82, 2.24) is 4.90 Å². The monoisotopic (exact) mass is 297 g/mol. The van der Waals surface area contributed by atoms with Gasteiger partial charge in [-0.3, -0.25) is 0 Å². The van der Waals surface area contributed by atoms with Gasteiger partial charge in [0, 0.05) is 12.5 Å². The third-order valence-electron chi connectivity index (χ3n) is 4.18. The van der Waals surface area contributed by atoms with Crippen LogP contribution >= 0.6 is 0 Å². The molecule has 0 aliphatic carbocycles. The minimum absolute atomic E-state index is 0.0826. The van der Waals surface area contributed by atoms with E-state index in [9.17, 15) is 0 Å². The van der Waals surface area contributed by atoms with E-state index in [4.69, 9.17) is 4.74 Å². The highest BCUT2D eigenvalue weighted by molar-refractivity contribution is 5.24. The van der Waals surface area contributed by atoms with Crippen LogP contribution in [0.4, 0.5) is 0 Å². The van der Waals surface area contributed by atoms with Crippen molar-refractivity contribution in [2.24, 2.45) is 0 Å². The van der Waals surface area contributed by atoms with Crippen molar-refractivity contribution >= 4 is 0 Å². The molecule has 2 nitrogen and oxygen atoms in total. The third kappa shape index (κ3) is 4.60. The van der Waals surface area contributed by atoms with Crippen LogP contribution in [0.5, 0.6) is 5.75 Å². The van der Waals surface area contributed by atoms with Gasteiger partial charge in [-0.1, -0.05) is 62.4 Å². The van der Waals surface area contributed by atoms with E-state index in [1.807, 2.05) is 30.3 Å². The summed E-state index contributed by atoms with van der Waals surface area (Å²) < 4.78 is 6.28. The van der Waals surface area contributed by atoms with Crippen LogP contribution in [0.3, 0.4) is 0 Å². The van der Waals surface area contributed by atoms with Gasteiger partial charge in [-0.25, -0.2) is 0 Å². The quantitative estimate of drug-likeness (QED) is 0.685. The molecule has 0 aliphatic heterocycles. The molecule has 2 unspecified atom stereocenters. The summed E-state index contributed by atoms with van der Waals surface area (Å²) in [5, 5.41) is 0. The average molecular weight is 297 g/mol. The normalized spacial score (nSPS) is 13.8. The highest BCUT2D eigenvalue weighted by Crippen LogP contribution is 2.27. The molecule has 22 heavy (non-hydrogen) atoms. The van der Waals surface area contributed by atoms with Crippen LogP contribution in [-0.4, -0.2) is 24.0 Å². The van der Waals surface area contributed by atoms with Crippen molar-refractivity contribution in [3.05, 3.63) is 66.2 Å². The van der Waals surface area contributed by atoms with Crippen LogP contribution in [0.1, 0.15) is 38.9 Å². The highest BCUT2D eigenvalue weighted by Gasteiger charge is 2.20. The first-order valence-corrected chi connectivity index (χ1v) is 8.25. The number of nitrogens with zero attached hydrogens (tertiary/aromatic N) is 1. The second kappa shape index (κ2) is 8.60. The van der Waals surface area contributed by atoms with Gasteiger partial charge in [0.05, 0.1) is 0 Å². The van der Waals surface area contributed by atoms with E-state index in [0.29, 0.717) is 6.04 Å². The zero-order valence-electron chi connectivity index (χ0n) is 13.9. The lowest BCUT2D eigenvalue weighted by Crippen LogP contribution is -2.34. The summed E-state index contributed by atoms with van der Waals surface area (Å²) in [5.41, 5.74) is 1.24. The molecule has 0 saturated carbocycles. The third-order valence-corrected chi connectivity index (χ3v) is 4.18. The topological polar surface area (TPSA) is 12.5 Å². The molecular formula is C20H27NO. The molecule has 0 radical (unpaired) electrons. The molecule has 2 aromatic rings. The molecule has 0 spiro atoms. The fourth-order valence-corrected chi connectivity index (χ4v) is 2.89. The van der Waals surface area contributed by atoms with E-state index in [1.54, 1.807) is 0 Å². The number of hydrogen-bond donors (Lipinski definition) is 0. The minimum atomic E-state index is 0.0826. The number of hydrogen-bond acceptors (Lipinski definition) is 2. The molecular weight excluding hydrogens is 270 g/mol. The summed E-state index contributed by atoms with van der Waals surface area (Å²) in [7, 11) is 0. The Morgan fingerprint density at radius 1 is 0.864 bits per heavy atom. The Bertz CT molecular complexity index is 522. The second-order valence-electron chi connectivity index (χ2n) is 5.64. The fraction of sp³-hybridized carbons (Fsp3) is 0.400. The van der Waals surface area contributed by atoms with Gasteiger partial charge in [0.25, 0.3) is 0 Å². The van der Waals surface area contributed by atoms with Crippen LogP contribution in [0.2, 0.25) is 0 Å². The molecule has 0 fully saturated rings. The maximum absolute atomic E-state index is 6.28. The van der Waals surface area contributed by atoms with Crippen molar-refractivity contribution in [3.63, 3.8) is 0 Å². The first-order chi connectivity index (χ1) is 10.7.